The van der Waals surface area contributed by atoms with Gasteiger partial charge in [-0.05, 0) is 28.8 Å². The summed E-state index contributed by atoms with van der Waals surface area (Å²) >= 11 is 0. The number of hydrogen-bond donors (Lipinski definition) is 0. The van der Waals surface area contributed by atoms with Crippen LogP contribution in [0.1, 0.15) is 28.4 Å². The second-order valence-electron chi connectivity index (χ2n) is 4.34. The van der Waals surface area contributed by atoms with Crippen LogP contribution in [0.2, 0.25) is 0 Å². The summed E-state index contributed by atoms with van der Waals surface area (Å²) in [6, 6.07) is 4.05. The topological polar surface area (TPSA) is 35.0 Å². The Balaban J connectivity index is 2.15. The van der Waals surface area contributed by atoms with E-state index >= 15 is 0 Å². The van der Waals surface area contributed by atoms with Crippen molar-refractivity contribution in [1.82, 2.24) is 9.97 Å². The van der Waals surface area contributed by atoms with Crippen LogP contribution in [0.15, 0.2) is 36.9 Å². The maximum absolute atomic E-state index is 5.61. The highest BCUT2D eigenvalue weighted by Gasteiger charge is 2.18. The molecule has 2 aromatic heterocycles. The average molecular weight is 238 g/mol. The Bertz CT molecular complexity index is 593. The molecule has 0 spiro atoms. The molecule has 0 N–H and O–H groups in total. The van der Waals surface area contributed by atoms with Crippen LogP contribution in [-0.2, 0) is 11.2 Å². The fourth-order valence-corrected chi connectivity index (χ4v) is 2.31. The Labute approximate surface area is 106 Å². The Morgan fingerprint density at radius 2 is 1.78 bits per heavy atom. The number of fused-ring (bicyclic) bond motifs is 2. The molecule has 2 aromatic rings. The minimum atomic E-state index is 0.0293. The maximum Gasteiger partial charge on any atom is 0.0882 e. The first-order chi connectivity index (χ1) is 8.88. The summed E-state index contributed by atoms with van der Waals surface area (Å²) in [5, 5.41) is 0. The van der Waals surface area contributed by atoms with Crippen LogP contribution >= 0.6 is 0 Å². The number of ether oxygens (including phenoxy) is 1. The van der Waals surface area contributed by atoms with Crippen LogP contribution in [0.3, 0.4) is 0 Å². The van der Waals surface area contributed by atoms with Gasteiger partial charge in [0.1, 0.15) is 0 Å². The highest BCUT2D eigenvalue weighted by Crippen LogP contribution is 2.29. The van der Waals surface area contributed by atoms with E-state index < -0.39 is 0 Å². The van der Waals surface area contributed by atoms with Crippen molar-refractivity contribution in [2.45, 2.75) is 12.5 Å². The van der Waals surface area contributed by atoms with E-state index in [1.165, 1.54) is 16.7 Å². The van der Waals surface area contributed by atoms with E-state index in [0.29, 0.717) is 0 Å². The van der Waals surface area contributed by atoms with Crippen LogP contribution in [-0.4, -0.2) is 17.1 Å². The highest BCUT2D eigenvalue weighted by atomic mass is 16.5. The van der Waals surface area contributed by atoms with Gasteiger partial charge in [-0.3, -0.25) is 9.97 Å². The zero-order chi connectivity index (χ0) is 12.4. The molecule has 3 nitrogen and oxygen atoms in total. The van der Waals surface area contributed by atoms with Crippen LogP contribution in [0, 0.1) is 0 Å². The molecule has 0 aromatic carbocycles. The summed E-state index contributed by atoms with van der Waals surface area (Å²) in [5.41, 5.74) is 4.70. The van der Waals surface area contributed by atoms with E-state index in [9.17, 15) is 0 Å². The highest BCUT2D eigenvalue weighted by molar-refractivity contribution is 5.73. The molecule has 1 unspecified atom stereocenters. The summed E-state index contributed by atoms with van der Waals surface area (Å²) in [5.74, 6) is 0. The van der Waals surface area contributed by atoms with Crippen LogP contribution in [0.25, 0.3) is 12.2 Å². The monoisotopic (exact) mass is 238 g/mol. The summed E-state index contributed by atoms with van der Waals surface area (Å²) in [6.45, 7) is 0. The molecule has 0 saturated heterocycles. The van der Waals surface area contributed by atoms with Gasteiger partial charge < -0.3 is 4.74 Å². The molecule has 1 aliphatic rings. The molecular weight excluding hydrogens is 224 g/mol. The van der Waals surface area contributed by atoms with Crippen molar-refractivity contribution >= 4 is 12.2 Å². The van der Waals surface area contributed by atoms with Gasteiger partial charge in [-0.25, -0.2) is 0 Å². The number of hydrogen-bond acceptors (Lipinski definition) is 3. The van der Waals surface area contributed by atoms with Gasteiger partial charge in [0.2, 0.25) is 0 Å². The van der Waals surface area contributed by atoms with Crippen molar-refractivity contribution in [3.05, 3.63) is 59.2 Å². The zero-order valence-electron chi connectivity index (χ0n) is 10.2. The number of rotatable bonds is 1. The smallest absolute Gasteiger partial charge is 0.0882 e. The lowest BCUT2D eigenvalue weighted by Crippen LogP contribution is -2.10. The molecule has 0 amide bonds. The van der Waals surface area contributed by atoms with Gasteiger partial charge in [-0.2, -0.15) is 0 Å². The minimum absolute atomic E-state index is 0.0293. The Hall–Kier alpha value is -2.00. The van der Waals surface area contributed by atoms with Crippen molar-refractivity contribution in [3.63, 3.8) is 0 Å². The first-order valence-corrected chi connectivity index (χ1v) is 5.96. The molecule has 0 bridgehead atoms. The van der Waals surface area contributed by atoms with E-state index in [-0.39, 0.29) is 6.10 Å². The second kappa shape index (κ2) is 4.70. The summed E-state index contributed by atoms with van der Waals surface area (Å²) in [7, 11) is 1.74. The summed E-state index contributed by atoms with van der Waals surface area (Å²) in [4.78, 5) is 8.38. The molecule has 2 heterocycles. The molecule has 3 rings (SSSR count). The Morgan fingerprint density at radius 1 is 1.06 bits per heavy atom. The van der Waals surface area contributed by atoms with Gasteiger partial charge in [-0.1, -0.05) is 12.2 Å². The Kier molecular flexibility index (Phi) is 2.90. The van der Waals surface area contributed by atoms with Gasteiger partial charge in [0.05, 0.1) is 6.10 Å². The van der Waals surface area contributed by atoms with Gasteiger partial charge >= 0.3 is 0 Å². The largest absolute Gasteiger partial charge is 0.376 e. The van der Waals surface area contributed by atoms with Crippen molar-refractivity contribution in [2.75, 3.05) is 7.11 Å². The van der Waals surface area contributed by atoms with E-state index in [2.05, 4.69) is 22.1 Å². The van der Waals surface area contributed by atoms with Gasteiger partial charge in [0, 0.05) is 43.9 Å². The first-order valence-electron chi connectivity index (χ1n) is 5.96. The number of pyridine rings is 2. The molecule has 90 valence electrons. The van der Waals surface area contributed by atoms with Crippen LogP contribution in [0.5, 0.6) is 0 Å². The molecular formula is C15H14N2O. The zero-order valence-corrected chi connectivity index (χ0v) is 10.2. The molecule has 3 heteroatoms. The fourth-order valence-electron chi connectivity index (χ4n) is 2.31. The third-order valence-electron chi connectivity index (χ3n) is 3.31. The minimum Gasteiger partial charge on any atom is -0.376 e. The lowest BCUT2D eigenvalue weighted by molar-refractivity contribution is 0.103. The third-order valence-corrected chi connectivity index (χ3v) is 3.31. The molecule has 1 atom stereocenters. The van der Waals surface area contributed by atoms with Crippen LogP contribution in [0.4, 0.5) is 0 Å². The fraction of sp³-hybridized carbons (Fsp3) is 0.200. The lowest BCUT2D eigenvalue weighted by atomic mass is 9.93. The Morgan fingerprint density at radius 3 is 2.61 bits per heavy atom. The predicted octanol–water partition coefficient (Wildman–Crippen LogP) is 2.89. The SMILES string of the molecule is COC1Cc2cnccc2/C=C\c2ccncc21. The van der Waals surface area contributed by atoms with Crippen LogP contribution < -0.4 is 0 Å². The summed E-state index contributed by atoms with van der Waals surface area (Å²) in [6.07, 6.45) is 12.5. The van der Waals surface area contributed by atoms with Gasteiger partial charge in [0.15, 0.2) is 0 Å². The lowest BCUT2D eigenvalue weighted by Gasteiger charge is -2.20. The number of aromatic nitrogens is 2. The number of methoxy groups -OCH3 is 1. The number of nitrogens with zero attached hydrogens (tertiary/aromatic N) is 2. The van der Waals surface area contributed by atoms with Crippen molar-refractivity contribution in [2.24, 2.45) is 0 Å². The summed E-state index contributed by atoms with van der Waals surface area (Å²) < 4.78 is 5.61. The molecule has 0 fully saturated rings. The average Bonchev–Trinajstić information content (AvgIpc) is 2.41. The van der Waals surface area contributed by atoms with Gasteiger partial charge in [0.25, 0.3) is 0 Å². The van der Waals surface area contributed by atoms with Crippen molar-refractivity contribution in [3.8, 4) is 0 Å². The molecule has 0 aliphatic heterocycles. The van der Waals surface area contributed by atoms with E-state index in [0.717, 1.165) is 12.0 Å². The first kappa shape index (κ1) is 11.1. The maximum atomic E-state index is 5.61. The van der Waals surface area contributed by atoms with Crippen molar-refractivity contribution < 1.29 is 4.74 Å². The van der Waals surface area contributed by atoms with E-state index in [1.807, 2.05) is 36.9 Å². The standard InChI is InChI=1S/C15H14N2O/c1-18-15-8-13-9-16-6-4-11(13)2-3-12-5-7-17-10-14(12)15/h2-7,9-10,15H,8H2,1H3/b3-2-. The third kappa shape index (κ3) is 1.93. The molecule has 18 heavy (non-hydrogen) atoms. The normalized spacial score (nSPS) is 19.3. The van der Waals surface area contributed by atoms with E-state index in [4.69, 9.17) is 4.74 Å². The van der Waals surface area contributed by atoms with Gasteiger partial charge in [-0.15, -0.1) is 0 Å². The van der Waals surface area contributed by atoms with Crippen molar-refractivity contribution in [1.29, 1.82) is 0 Å². The molecule has 1 aliphatic carbocycles. The molecule has 0 radical (unpaired) electrons. The molecule has 0 saturated carbocycles. The quantitative estimate of drug-likeness (QED) is 0.766. The predicted molar refractivity (Wildman–Crippen MR) is 70.9 cm³/mol. The second-order valence-corrected chi connectivity index (χ2v) is 4.34. The van der Waals surface area contributed by atoms with E-state index in [1.54, 1.807) is 7.11 Å².